The van der Waals surface area contributed by atoms with Crippen LogP contribution in [-0.2, 0) is 0 Å². The van der Waals surface area contributed by atoms with Gasteiger partial charge in [-0.1, -0.05) is 6.07 Å². The highest BCUT2D eigenvalue weighted by atomic mass is 32.1. The Morgan fingerprint density at radius 2 is 1.93 bits per heavy atom. The van der Waals surface area contributed by atoms with Gasteiger partial charge in [0.05, 0.1) is 38.5 Å². The SMILES string of the molecule is COc1cc(C(C#N)NC(=O)c2cnc(-c3cccs3)s2)cc(OC)c1OC. The number of nitriles is 1. The summed E-state index contributed by atoms with van der Waals surface area (Å²) in [6.07, 6.45) is 1.51. The highest BCUT2D eigenvalue weighted by molar-refractivity contribution is 7.21. The van der Waals surface area contributed by atoms with Crippen LogP contribution < -0.4 is 19.5 Å². The number of nitrogens with one attached hydrogen (secondary N) is 1. The fourth-order valence-corrected chi connectivity index (χ4v) is 4.18. The summed E-state index contributed by atoms with van der Waals surface area (Å²) in [5.74, 6) is 0.855. The first kappa shape index (κ1) is 19.7. The maximum absolute atomic E-state index is 12.6. The van der Waals surface area contributed by atoms with Crippen molar-refractivity contribution in [3.05, 3.63) is 46.3 Å². The Bertz CT molecular complexity index is 984. The molecule has 3 rings (SSSR count). The maximum Gasteiger partial charge on any atom is 0.264 e. The monoisotopic (exact) mass is 415 g/mol. The van der Waals surface area contributed by atoms with Gasteiger partial charge in [-0.2, -0.15) is 5.26 Å². The third-order valence-electron chi connectivity index (χ3n) is 3.89. The molecule has 1 aromatic carbocycles. The van der Waals surface area contributed by atoms with E-state index in [-0.39, 0.29) is 5.91 Å². The van der Waals surface area contributed by atoms with Gasteiger partial charge in [-0.3, -0.25) is 4.79 Å². The molecule has 1 N–H and O–H groups in total. The van der Waals surface area contributed by atoms with Crippen molar-refractivity contribution in [3.63, 3.8) is 0 Å². The minimum Gasteiger partial charge on any atom is -0.493 e. The first-order valence-corrected chi connectivity index (χ1v) is 9.81. The number of benzene rings is 1. The van der Waals surface area contributed by atoms with Crippen LogP contribution in [0.1, 0.15) is 21.3 Å². The van der Waals surface area contributed by atoms with Crippen LogP contribution in [-0.4, -0.2) is 32.2 Å². The van der Waals surface area contributed by atoms with E-state index in [0.29, 0.717) is 27.7 Å². The molecule has 0 aliphatic heterocycles. The van der Waals surface area contributed by atoms with Gasteiger partial charge >= 0.3 is 0 Å². The van der Waals surface area contributed by atoms with Crippen molar-refractivity contribution in [2.24, 2.45) is 0 Å². The summed E-state index contributed by atoms with van der Waals surface area (Å²) < 4.78 is 15.9. The van der Waals surface area contributed by atoms with Crippen LogP contribution in [0.4, 0.5) is 0 Å². The van der Waals surface area contributed by atoms with Crippen molar-refractivity contribution in [1.29, 1.82) is 5.26 Å². The van der Waals surface area contributed by atoms with Crippen molar-refractivity contribution in [1.82, 2.24) is 10.3 Å². The average Bonchev–Trinajstić information content (AvgIpc) is 3.42. The quantitative estimate of drug-likeness (QED) is 0.629. The number of rotatable bonds is 7. The van der Waals surface area contributed by atoms with Gasteiger partial charge in [0.2, 0.25) is 5.75 Å². The largest absolute Gasteiger partial charge is 0.493 e. The topological polar surface area (TPSA) is 93.5 Å². The molecule has 1 amide bonds. The van der Waals surface area contributed by atoms with E-state index in [1.807, 2.05) is 17.5 Å². The van der Waals surface area contributed by atoms with Crippen LogP contribution in [0, 0.1) is 11.3 Å². The first-order valence-electron chi connectivity index (χ1n) is 8.11. The molecule has 0 spiro atoms. The summed E-state index contributed by atoms with van der Waals surface area (Å²) in [6.45, 7) is 0. The van der Waals surface area contributed by atoms with Gasteiger partial charge in [0.15, 0.2) is 11.5 Å². The van der Waals surface area contributed by atoms with E-state index in [1.165, 1.54) is 38.9 Å². The lowest BCUT2D eigenvalue weighted by molar-refractivity contribution is 0.0949. The van der Waals surface area contributed by atoms with Gasteiger partial charge in [0.1, 0.15) is 15.9 Å². The lowest BCUT2D eigenvalue weighted by Crippen LogP contribution is -2.27. The molecule has 1 atom stereocenters. The van der Waals surface area contributed by atoms with E-state index >= 15 is 0 Å². The Morgan fingerprint density at radius 1 is 1.21 bits per heavy atom. The average molecular weight is 415 g/mol. The van der Waals surface area contributed by atoms with Crippen LogP contribution in [0.3, 0.4) is 0 Å². The van der Waals surface area contributed by atoms with Crippen LogP contribution in [0.5, 0.6) is 17.2 Å². The molecule has 7 nitrogen and oxygen atoms in total. The molecule has 0 saturated carbocycles. The second-order valence-electron chi connectivity index (χ2n) is 5.50. The highest BCUT2D eigenvalue weighted by Gasteiger charge is 2.22. The zero-order valence-electron chi connectivity index (χ0n) is 15.4. The third kappa shape index (κ3) is 3.93. The molecule has 2 aromatic heterocycles. The molecule has 28 heavy (non-hydrogen) atoms. The predicted octanol–water partition coefficient (Wildman–Crippen LogP) is 3.89. The van der Waals surface area contributed by atoms with Crippen molar-refractivity contribution in [2.75, 3.05) is 21.3 Å². The number of hydrogen-bond acceptors (Lipinski definition) is 8. The second kappa shape index (κ2) is 8.73. The molecule has 2 heterocycles. The lowest BCUT2D eigenvalue weighted by Gasteiger charge is -2.17. The molecule has 1 unspecified atom stereocenters. The fraction of sp³-hybridized carbons (Fsp3) is 0.211. The first-order chi connectivity index (χ1) is 13.6. The number of methoxy groups -OCH3 is 3. The molecule has 0 bridgehead atoms. The molecule has 0 aliphatic carbocycles. The van der Waals surface area contributed by atoms with E-state index in [0.717, 1.165) is 9.88 Å². The molecule has 3 aromatic rings. The van der Waals surface area contributed by atoms with Gasteiger partial charge < -0.3 is 19.5 Å². The van der Waals surface area contributed by atoms with E-state index < -0.39 is 6.04 Å². The normalized spacial score (nSPS) is 11.4. The summed E-state index contributed by atoms with van der Waals surface area (Å²) in [4.78, 5) is 18.3. The smallest absolute Gasteiger partial charge is 0.264 e. The fourth-order valence-electron chi connectivity index (χ4n) is 2.55. The molecular weight excluding hydrogens is 398 g/mol. The van der Waals surface area contributed by atoms with Crippen LogP contribution in [0.25, 0.3) is 9.88 Å². The van der Waals surface area contributed by atoms with E-state index in [4.69, 9.17) is 14.2 Å². The Kier molecular flexibility index (Phi) is 6.13. The Labute approximate surface area is 170 Å². The van der Waals surface area contributed by atoms with Crippen LogP contribution in [0.15, 0.2) is 35.8 Å². The van der Waals surface area contributed by atoms with Crippen molar-refractivity contribution < 1.29 is 19.0 Å². The third-order valence-corrected chi connectivity index (χ3v) is 5.92. The lowest BCUT2D eigenvalue weighted by atomic mass is 10.1. The molecule has 144 valence electrons. The number of nitrogens with zero attached hydrogens (tertiary/aromatic N) is 2. The minimum absolute atomic E-state index is 0.374. The molecular formula is C19H17N3O4S2. The number of thiazole rings is 1. The van der Waals surface area contributed by atoms with E-state index in [9.17, 15) is 10.1 Å². The molecule has 0 radical (unpaired) electrons. The summed E-state index contributed by atoms with van der Waals surface area (Å²) in [5.41, 5.74) is 0.522. The Morgan fingerprint density at radius 3 is 2.46 bits per heavy atom. The molecule has 0 saturated heterocycles. The van der Waals surface area contributed by atoms with Crippen molar-refractivity contribution in [3.8, 4) is 33.2 Å². The number of ether oxygens (including phenoxy) is 3. The molecule has 0 fully saturated rings. The van der Waals surface area contributed by atoms with Crippen LogP contribution >= 0.6 is 22.7 Å². The Hall–Kier alpha value is -3.09. The maximum atomic E-state index is 12.6. The van der Waals surface area contributed by atoms with E-state index in [2.05, 4.69) is 16.4 Å². The zero-order valence-corrected chi connectivity index (χ0v) is 17.0. The van der Waals surface area contributed by atoms with Crippen molar-refractivity contribution in [2.45, 2.75) is 6.04 Å². The number of amides is 1. The number of hydrogen-bond donors (Lipinski definition) is 1. The summed E-state index contributed by atoms with van der Waals surface area (Å²) in [5, 5.41) is 15.0. The number of thiophene rings is 1. The number of carbonyl (C=O) groups is 1. The van der Waals surface area contributed by atoms with Gasteiger partial charge in [0.25, 0.3) is 5.91 Å². The standard InChI is InChI=1S/C19H17N3O4S2/c1-24-13-7-11(8-14(25-2)17(13)26-3)12(9-20)22-18(23)16-10-21-19(28-16)15-5-4-6-27-15/h4-8,10,12H,1-3H3,(H,22,23). The second-order valence-corrected chi connectivity index (χ2v) is 7.48. The predicted molar refractivity (Wildman–Crippen MR) is 107 cm³/mol. The van der Waals surface area contributed by atoms with Gasteiger partial charge in [0, 0.05) is 0 Å². The molecule has 0 aliphatic rings. The molecule has 9 heteroatoms. The summed E-state index contributed by atoms with van der Waals surface area (Å²) >= 11 is 2.83. The van der Waals surface area contributed by atoms with Crippen molar-refractivity contribution >= 4 is 28.6 Å². The summed E-state index contributed by atoms with van der Waals surface area (Å²) in [7, 11) is 4.48. The van der Waals surface area contributed by atoms with Gasteiger partial charge in [-0.05, 0) is 29.1 Å². The van der Waals surface area contributed by atoms with Gasteiger partial charge in [-0.25, -0.2) is 4.98 Å². The number of aromatic nitrogens is 1. The summed E-state index contributed by atoms with van der Waals surface area (Å²) in [6, 6.07) is 8.35. The van der Waals surface area contributed by atoms with E-state index in [1.54, 1.807) is 23.5 Å². The zero-order chi connectivity index (χ0) is 20.1. The number of carbonyl (C=O) groups excluding carboxylic acids is 1. The van der Waals surface area contributed by atoms with Gasteiger partial charge in [-0.15, -0.1) is 22.7 Å². The van der Waals surface area contributed by atoms with Crippen LogP contribution in [0.2, 0.25) is 0 Å². The minimum atomic E-state index is -0.895. The highest BCUT2D eigenvalue weighted by Crippen LogP contribution is 2.39. The Balaban J connectivity index is 1.84.